The first-order valence-corrected chi connectivity index (χ1v) is 7.40. The van der Waals surface area contributed by atoms with Crippen LogP contribution in [0.5, 0.6) is 5.88 Å². The number of aryl methyl sites for hydroxylation is 1. The van der Waals surface area contributed by atoms with Crippen molar-refractivity contribution in [2.75, 3.05) is 33.3 Å². The molecular formula is C17H25N2O+. The van der Waals surface area contributed by atoms with E-state index in [0.717, 1.165) is 35.5 Å². The predicted molar refractivity (Wildman–Crippen MR) is 84.1 cm³/mol. The van der Waals surface area contributed by atoms with E-state index in [1.54, 1.807) is 0 Å². The highest BCUT2D eigenvalue weighted by atomic mass is 16.5. The van der Waals surface area contributed by atoms with Crippen molar-refractivity contribution >= 4 is 10.9 Å². The minimum Gasteiger partial charge on any atom is -0.472 e. The molecule has 0 saturated carbocycles. The summed E-state index contributed by atoms with van der Waals surface area (Å²) < 4.78 is 6.90. The second kappa shape index (κ2) is 6.23. The van der Waals surface area contributed by atoms with Crippen LogP contribution in [0.25, 0.3) is 10.9 Å². The first kappa shape index (κ1) is 14.8. The number of quaternary nitrogens is 1. The average molecular weight is 273 g/mol. The third kappa shape index (κ3) is 3.28. The molecule has 0 spiro atoms. The van der Waals surface area contributed by atoms with Gasteiger partial charge >= 0.3 is 0 Å². The highest BCUT2D eigenvalue weighted by Gasteiger charge is 2.16. The van der Waals surface area contributed by atoms with Crippen molar-refractivity contribution in [3.8, 4) is 5.88 Å². The zero-order chi connectivity index (χ0) is 14.6. The number of aromatic nitrogens is 1. The molecule has 0 bridgehead atoms. The Hall–Kier alpha value is -1.61. The molecule has 1 aromatic heterocycles. The molecule has 0 aliphatic carbocycles. The average Bonchev–Trinajstić information content (AvgIpc) is 2.47. The minimum absolute atomic E-state index is 0.711. The first-order valence-electron chi connectivity index (χ1n) is 7.40. The first-order chi connectivity index (χ1) is 9.58. The Kier molecular flexibility index (Phi) is 4.61. The molecular weight excluding hydrogens is 248 g/mol. The van der Waals surface area contributed by atoms with Gasteiger partial charge in [0, 0.05) is 11.5 Å². The Morgan fingerprint density at radius 2 is 1.85 bits per heavy atom. The second-order valence-corrected chi connectivity index (χ2v) is 5.62. The summed E-state index contributed by atoms with van der Waals surface area (Å²) in [6.45, 7) is 10.5. The minimum atomic E-state index is 0.711. The lowest BCUT2D eigenvalue weighted by molar-refractivity contribution is -0.906. The number of ether oxygens (including phenoxy) is 1. The Balaban J connectivity index is 2.07. The van der Waals surface area contributed by atoms with Crippen LogP contribution < -0.4 is 4.74 Å². The maximum absolute atomic E-state index is 5.87. The topological polar surface area (TPSA) is 22.1 Å². The monoisotopic (exact) mass is 273 g/mol. The molecule has 0 saturated heterocycles. The largest absolute Gasteiger partial charge is 0.472 e. The van der Waals surface area contributed by atoms with Crippen molar-refractivity contribution in [3.63, 3.8) is 0 Å². The Morgan fingerprint density at radius 1 is 1.15 bits per heavy atom. The number of pyridine rings is 1. The van der Waals surface area contributed by atoms with Crippen LogP contribution in [0, 0.1) is 6.92 Å². The molecule has 2 aromatic rings. The molecule has 3 nitrogen and oxygen atoms in total. The summed E-state index contributed by atoms with van der Waals surface area (Å²) >= 11 is 0. The maximum Gasteiger partial charge on any atom is 0.214 e. The Bertz CT molecular complexity index is 576. The molecule has 0 amide bonds. The quantitative estimate of drug-likeness (QED) is 0.753. The van der Waals surface area contributed by atoms with Crippen LogP contribution in [-0.2, 0) is 0 Å². The smallest absolute Gasteiger partial charge is 0.214 e. The molecule has 0 atom stereocenters. The third-order valence-electron chi connectivity index (χ3n) is 4.31. The van der Waals surface area contributed by atoms with E-state index in [9.17, 15) is 0 Å². The molecule has 0 aliphatic heterocycles. The number of hydrogen-bond acceptors (Lipinski definition) is 2. The van der Waals surface area contributed by atoms with Crippen molar-refractivity contribution in [1.29, 1.82) is 0 Å². The van der Waals surface area contributed by atoms with Crippen LogP contribution in [0.4, 0.5) is 0 Å². The lowest BCUT2D eigenvalue weighted by Crippen LogP contribution is -2.46. The molecule has 108 valence electrons. The standard InChI is InChI=1S/C17H25N2O/c1-5-19(4,6-2)11-12-20-17-13-14(3)15-9-7-8-10-16(15)18-17/h7-10,13H,5-6,11-12H2,1-4H3/q+1. The molecule has 0 radical (unpaired) electrons. The molecule has 0 fully saturated rings. The van der Waals surface area contributed by atoms with Crippen molar-refractivity contribution in [2.45, 2.75) is 20.8 Å². The normalized spacial score (nSPS) is 11.8. The molecule has 0 aliphatic rings. The van der Waals surface area contributed by atoms with Gasteiger partial charge in [-0.15, -0.1) is 0 Å². The van der Waals surface area contributed by atoms with Crippen molar-refractivity contribution in [3.05, 3.63) is 35.9 Å². The predicted octanol–water partition coefficient (Wildman–Crippen LogP) is 3.41. The highest BCUT2D eigenvalue weighted by Crippen LogP contribution is 2.21. The fourth-order valence-corrected chi connectivity index (χ4v) is 2.30. The van der Waals surface area contributed by atoms with Gasteiger partial charge in [-0.05, 0) is 32.4 Å². The summed E-state index contributed by atoms with van der Waals surface area (Å²) in [6.07, 6.45) is 0. The summed E-state index contributed by atoms with van der Waals surface area (Å²) in [7, 11) is 2.27. The fourth-order valence-electron chi connectivity index (χ4n) is 2.30. The summed E-state index contributed by atoms with van der Waals surface area (Å²) in [4.78, 5) is 4.58. The molecule has 3 heteroatoms. The fraction of sp³-hybridized carbons (Fsp3) is 0.471. The van der Waals surface area contributed by atoms with Gasteiger partial charge in [-0.1, -0.05) is 18.2 Å². The van der Waals surface area contributed by atoms with Gasteiger partial charge in [-0.25, -0.2) is 4.98 Å². The van der Waals surface area contributed by atoms with Crippen molar-refractivity contribution in [1.82, 2.24) is 4.98 Å². The van der Waals surface area contributed by atoms with E-state index in [4.69, 9.17) is 4.74 Å². The lowest BCUT2D eigenvalue weighted by atomic mass is 10.1. The summed E-state index contributed by atoms with van der Waals surface area (Å²) in [5.74, 6) is 0.736. The molecule has 0 unspecified atom stereocenters. The highest BCUT2D eigenvalue weighted by molar-refractivity contribution is 5.82. The molecule has 2 rings (SSSR count). The SMILES string of the molecule is CC[N+](C)(CC)CCOc1cc(C)c2ccccc2n1. The molecule has 1 aromatic carbocycles. The van der Waals surface area contributed by atoms with Gasteiger partial charge in [0.15, 0.2) is 0 Å². The number of likely N-dealkylation sites (N-methyl/N-ethyl adjacent to an activating group) is 1. The number of para-hydroxylation sites is 1. The lowest BCUT2D eigenvalue weighted by Gasteiger charge is -2.31. The number of nitrogens with zero attached hydrogens (tertiary/aromatic N) is 2. The van der Waals surface area contributed by atoms with E-state index in [-0.39, 0.29) is 0 Å². The van der Waals surface area contributed by atoms with E-state index < -0.39 is 0 Å². The maximum atomic E-state index is 5.87. The van der Waals surface area contributed by atoms with Crippen LogP contribution in [0.2, 0.25) is 0 Å². The molecule has 20 heavy (non-hydrogen) atoms. The van der Waals surface area contributed by atoms with Crippen LogP contribution >= 0.6 is 0 Å². The van der Waals surface area contributed by atoms with E-state index in [2.05, 4.69) is 38.9 Å². The number of rotatable bonds is 6. The zero-order valence-corrected chi connectivity index (χ0v) is 13.0. The summed E-state index contributed by atoms with van der Waals surface area (Å²) in [5, 5.41) is 1.20. The van der Waals surface area contributed by atoms with E-state index in [1.165, 1.54) is 10.9 Å². The van der Waals surface area contributed by atoms with Crippen LogP contribution in [-0.4, -0.2) is 42.8 Å². The van der Waals surface area contributed by atoms with Gasteiger partial charge < -0.3 is 9.22 Å². The van der Waals surface area contributed by atoms with Crippen LogP contribution in [0.1, 0.15) is 19.4 Å². The number of fused-ring (bicyclic) bond motifs is 1. The van der Waals surface area contributed by atoms with Gasteiger partial charge in [0.25, 0.3) is 0 Å². The molecule has 1 heterocycles. The van der Waals surface area contributed by atoms with Gasteiger partial charge in [0.1, 0.15) is 13.2 Å². The number of hydrogen-bond donors (Lipinski definition) is 0. The van der Waals surface area contributed by atoms with Gasteiger partial charge in [0.2, 0.25) is 5.88 Å². The van der Waals surface area contributed by atoms with Crippen molar-refractivity contribution in [2.24, 2.45) is 0 Å². The van der Waals surface area contributed by atoms with Gasteiger partial charge in [-0.3, -0.25) is 0 Å². The Morgan fingerprint density at radius 3 is 2.55 bits per heavy atom. The van der Waals surface area contributed by atoms with E-state index in [0.29, 0.717) is 6.61 Å². The van der Waals surface area contributed by atoms with Crippen molar-refractivity contribution < 1.29 is 9.22 Å². The van der Waals surface area contributed by atoms with E-state index >= 15 is 0 Å². The summed E-state index contributed by atoms with van der Waals surface area (Å²) in [5.41, 5.74) is 2.22. The van der Waals surface area contributed by atoms with Gasteiger partial charge in [-0.2, -0.15) is 0 Å². The zero-order valence-electron chi connectivity index (χ0n) is 13.0. The van der Waals surface area contributed by atoms with Crippen LogP contribution in [0.3, 0.4) is 0 Å². The van der Waals surface area contributed by atoms with Gasteiger partial charge in [0.05, 0.1) is 25.7 Å². The third-order valence-corrected chi connectivity index (χ3v) is 4.31. The number of benzene rings is 1. The Labute approximate surface area is 121 Å². The summed E-state index contributed by atoms with van der Waals surface area (Å²) in [6, 6.07) is 10.2. The second-order valence-electron chi connectivity index (χ2n) is 5.62. The van der Waals surface area contributed by atoms with E-state index in [1.807, 2.05) is 24.3 Å². The van der Waals surface area contributed by atoms with Crippen LogP contribution in [0.15, 0.2) is 30.3 Å². The molecule has 0 N–H and O–H groups in total.